The van der Waals surface area contributed by atoms with Crippen LogP contribution >= 0.6 is 24.8 Å². The van der Waals surface area contributed by atoms with Crippen LogP contribution in [-0.2, 0) is 4.79 Å². The number of rotatable bonds is 6. The van der Waals surface area contributed by atoms with Crippen molar-refractivity contribution in [1.82, 2.24) is 15.5 Å². The molecule has 114 valence electrons. The van der Waals surface area contributed by atoms with E-state index in [0.29, 0.717) is 0 Å². The third-order valence-electron chi connectivity index (χ3n) is 3.84. The molecule has 0 aromatic heterocycles. The van der Waals surface area contributed by atoms with Crippen molar-refractivity contribution in [2.24, 2.45) is 5.92 Å². The molecule has 2 N–H and O–H groups in total. The number of nitrogens with zero attached hydrogens (tertiary/aromatic N) is 1. The summed E-state index contributed by atoms with van der Waals surface area (Å²) in [6.45, 7) is 7.03. The second-order valence-corrected chi connectivity index (χ2v) is 5.19. The molecule has 1 atom stereocenters. The molecule has 1 aliphatic heterocycles. The van der Waals surface area contributed by atoms with Gasteiger partial charge in [0.05, 0.1) is 5.92 Å². The fourth-order valence-corrected chi connectivity index (χ4v) is 2.58. The smallest absolute Gasteiger partial charge is 0.224 e. The van der Waals surface area contributed by atoms with Crippen LogP contribution in [0, 0.1) is 5.92 Å². The molecule has 2 aliphatic rings. The van der Waals surface area contributed by atoms with Gasteiger partial charge >= 0.3 is 0 Å². The fourth-order valence-electron chi connectivity index (χ4n) is 2.58. The molecule has 0 spiro atoms. The van der Waals surface area contributed by atoms with Crippen molar-refractivity contribution < 1.29 is 4.79 Å². The molecule has 4 nitrogen and oxygen atoms in total. The Kier molecular flexibility index (Phi) is 9.79. The van der Waals surface area contributed by atoms with Gasteiger partial charge in [-0.15, -0.1) is 24.8 Å². The minimum atomic E-state index is 0. The van der Waals surface area contributed by atoms with Crippen LogP contribution in [0.5, 0.6) is 0 Å². The van der Waals surface area contributed by atoms with Crippen molar-refractivity contribution >= 4 is 30.7 Å². The van der Waals surface area contributed by atoms with E-state index in [-0.39, 0.29) is 36.6 Å². The van der Waals surface area contributed by atoms with Crippen LogP contribution in [0.4, 0.5) is 0 Å². The van der Waals surface area contributed by atoms with Crippen molar-refractivity contribution in [2.75, 3.05) is 32.7 Å². The summed E-state index contributed by atoms with van der Waals surface area (Å²) in [6.07, 6.45) is 4.85. The maximum Gasteiger partial charge on any atom is 0.224 e. The summed E-state index contributed by atoms with van der Waals surface area (Å²) in [5.41, 5.74) is 0. The van der Waals surface area contributed by atoms with E-state index in [0.717, 1.165) is 51.6 Å². The van der Waals surface area contributed by atoms with E-state index in [9.17, 15) is 4.79 Å². The minimum Gasteiger partial charge on any atom is -0.355 e. The van der Waals surface area contributed by atoms with Crippen molar-refractivity contribution in [2.45, 2.75) is 38.6 Å². The van der Waals surface area contributed by atoms with Crippen molar-refractivity contribution in [3.05, 3.63) is 0 Å². The van der Waals surface area contributed by atoms with Gasteiger partial charge in [-0.25, -0.2) is 0 Å². The first-order valence-corrected chi connectivity index (χ1v) is 7.03. The first-order valence-electron chi connectivity index (χ1n) is 7.03. The number of hydrogen-bond donors (Lipinski definition) is 2. The van der Waals surface area contributed by atoms with Crippen molar-refractivity contribution in [1.29, 1.82) is 0 Å². The largest absolute Gasteiger partial charge is 0.355 e. The van der Waals surface area contributed by atoms with Gasteiger partial charge in [-0.3, -0.25) is 9.69 Å². The number of halogens is 2. The van der Waals surface area contributed by atoms with E-state index in [1.807, 2.05) is 0 Å². The van der Waals surface area contributed by atoms with Crippen molar-refractivity contribution in [3.8, 4) is 0 Å². The molecule has 1 amide bonds. The molecule has 0 bridgehead atoms. The van der Waals surface area contributed by atoms with Gasteiger partial charge in [-0.2, -0.15) is 0 Å². The van der Waals surface area contributed by atoms with Gasteiger partial charge in [0.2, 0.25) is 5.91 Å². The average molecular weight is 312 g/mol. The monoisotopic (exact) mass is 311 g/mol. The first kappa shape index (κ1) is 19.0. The van der Waals surface area contributed by atoms with E-state index < -0.39 is 0 Å². The summed E-state index contributed by atoms with van der Waals surface area (Å²) in [5.74, 6) is 0.434. The Morgan fingerprint density at radius 3 is 2.58 bits per heavy atom. The summed E-state index contributed by atoms with van der Waals surface area (Å²) < 4.78 is 0. The van der Waals surface area contributed by atoms with Crippen LogP contribution in [0.3, 0.4) is 0 Å². The standard InChI is InChI=1S/C13H25N3O.2ClH/c1-2-16(12-5-6-12)9-8-15-13(17)11-4-3-7-14-10-11;;/h11-12,14H,2-10H2,1H3,(H,15,17);2*1H/t11-;;/m1../s1. The number of amides is 1. The maximum atomic E-state index is 11.9. The zero-order chi connectivity index (χ0) is 12.1. The lowest BCUT2D eigenvalue weighted by molar-refractivity contribution is -0.125. The molecule has 1 saturated heterocycles. The molecule has 1 saturated carbocycles. The summed E-state index contributed by atoms with van der Waals surface area (Å²) in [4.78, 5) is 14.4. The van der Waals surface area contributed by atoms with Crippen LogP contribution in [-0.4, -0.2) is 49.6 Å². The van der Waals surface area contributed by atoms with Gasteiger partial charge in [0.25, 0.3) is 0 Å². The fraction of sp³-hybridized carbons (Fsp3) is 0.923. The van der Waals surface area contributed by atoms with Gasteiger partial charge in [0, 0.05) is 25.7 Å². The highest BCUT2D eigenvalue weighted by molar-refractivity contribution is 5.85. The normalized spacial score (nSPS) is 22.3. The van der Waals surface area contributed by atoms with Crippen LogP contribution in [0.2, 0.25) is 0 Å². The Morgan fingerprint density at radius 2 is 2.05 bits per heavy atom. The molecule has 2 fully saturated rings. The molecule has 19 heavy (non-hydrogen) atoms. The lowest BCUT2D eigenvalue weighted by Crippen LogP contribution is -2.43. The second-order valence-electron chi connectivity index (χ2n) is 5.19. The van der Waals surface area contributed by atoms with Gasteiger partial charge in [-0.05, 0) is 38.8 Å². The highest BCUT2D eigenvalue weighted by Gasteiger charge is 2.27. The average Bonchev–Trinajstić information content (AvgIpc) is 3.20. The third-order valence-corrected chi connectivity index (χ3v) is 3.84. The molecule has 0 unspecified atom stereocenters. The van der Waals surface area contributed by atoms with Gasteiger partial charge in [-0.1, -0.05) is 6.92 Å². The first-order chi connectivity index (χ1) is 8.31. The molecule has 6 heteroatoms. The van der Waals surface area contributed by atoms with Crippen molar-refractivity contribution in [3.63, 3.8) is 0 Å². The predicted molar refractivity (Wildman–Crippen MR) is 83.4 cm³/mol. The lowest BCUT2D eigenvalue weighted by atomic mass is 9.99. The summed E-state index contributed by atoms with van der Waals surface area (Å²) in [6, 6.07) is 0.799. The Morgan fingerprint density at radius 1 is 1.32 bits per heavy atom. The van der Waals surface area contributed by atoms with Crippen LogP contribution in [0.15, 0.2) is 0 Å². The van der Waals surface area contributed by atoms with Gasteiger partial charge < -0.3 is 10.6 Å². The van der Waals surface area contributed by atoms with Gasteiger partial charge in [0.1, 0.15) is 0 Å². The van der Waals surface area contributed by atoms with Gasteiger partial charge in [0.15, 0.2) is 0 Å². The zero-order valence-corrected chi connectivity index (χ0v) is 13.3. The van der Waals surface area contributed by atoms with E-state index in [4.69, 9.17) is 0 Å². The van der Waals surface area contributed by atoms with Crippen LogP contribution < -0.4 is 10.6 Å². The number of carbonyl (C=O) groups is 1. The van der Waals surface area contributed by atoms with E-state index >= 15 is 0 Å². The molecule has 2 rings (SSSR count). The summed E-state index contributed by atoms with van der Waals surface area (Å²) >= 11 is 0. The summed E-state index contributed by atoms with van der Waals surface area (Å²) in [7, 11) is 0. The highest BCUT2D eigenvalue weighted by atomic mass is 35.5. The van der Waals surface area contributed by atoms with E-state index in [1.165, 1.54) is 12.8 Å². The lowest BCUT2D eigenvalue weighted by Gasteiger charge is -2.23. The maximum absolute atomic E-state index is 11.9. The van der Waals surface area contributed by atoms with Crippen LogP contribution in [0.1, 0.15) is 32.6 Å². The molecule has 1 heterocycles. The third kappa shape index (κ3) is 6.30. The molecule has 1 aliphatic carbocycles. The molecular formula is C13H27Cl2N3O. The topological polar surface area (TPSA) is 44.4 Å². The Bertz CT molecular complexity index is 256. The van der Waals surface area contributed by atoms with E-state index in [2.05, 4.69) is 22.5 Å². The minimum absolute atomic E-state index is 0. The number of nitrogens with one attached hydrogen (secondary N) is 2. The summed E-state index contributed by atoms with van der Waals surface area (Å²) in [5, 5.41) is 6.36. The highest BCUT2D eigenvalue weighted by Crippen LogP contribution is 2.25. The number of carbonyl (C=O) groups excluding carboxylic acids is 1. The Balaban J connectivity index is 0.00000162. The second kappa shape index (κ2) is 9.81. The predicted octanol–water partition coefficient (Wildman–Crippen LogP) is 1.43. The number of piperidine rings is 1. The number of hydrogen-bond acceptors (Lipinski definition) is 3. The van der Waals surface area contributed by atoms with Crippen LogP contribution in [0.25, 0.3) is 0 Å². The zero-order valence-electron chi connectivity index (χ0n) is 11.7. The quantitative estimate of drug-likeness (QED) is 0.780. The molecule has 0 radical (unpaired) electrons. The Hall–Kier alpha value is -0.0300. The SMILES string of the molecule is CCN(CCNC(=O)[C@@H]1CCCNC1)C1CC1.Cl.Cl. The molecule has 0 aromatic carbocycles. The molecule has 0 aromatic rings. The van der Waals surface area contributed by atoms with E-state index in [1.54, 1.807) is 0 Å². The molecular weight excluding hydrogens is 285 g/mol. The number of likely N-dealkylation sites (N-methyl/N-ethyl adjacent to an activating group) is 1. The Labute approximate surface area is 128 Å².